The van der Waals surface area contributed by atoms with Crippen LogP contribution in [0.5, 0.6) is 0 Å². The number of hydrogen-bond donors (Lipinski definition) is 1. The smallest absolute Gasteiger partial charge is 0.344 e. The largest absolute Gasteiger partial charge is 0.452 e. The average molecular weight is 354 g/mol. The lowest BCUT2D eigenvalue weighted by atomic mass is 10.2. The Kier molecular flexibility index (Phi) is 4.44. The summed E-state index contributed by atoms with van der Waals surface area (Å²) >= 11 is 0. The van der Waals surface area contributed by atoms with E-state index in [1.54, 1.807) is 4.90 Å². The molecule has 1 amide bonds. The minimum atomic E-state index is -3.11. The first-order chi connectivity index (χ1) is 11.4. The van der Waals surface area contributed by atoms with Gasteiger partial charge in [0, 0.05) is 18.3 Å². The molecular weight excluding hydrogens is 336 g/mol. The van der Waals surface area contributed by atoms with E-state index in [1.807, 2.05) is 0 Å². The SMILES string of the molecule is O=C(OCC(=O)N(C1CC1)[C@@H]1CCS(=O)(=O)C1)c1ccc[nH]c1=O. The van der Waals surface area contributed by atoms with Crippen LogP contribution in [0.25, 0.3) is 0 Å². The monoisotopic (exact) mass is 354 g/mol. The highest BCUT2D eigenvalue weighted by atomic mass is 32.2. The van der Waals surface area contributed by atoms with Crippen LogP contribution < -0.4 is 5.56 Å². The Balaban J connectivity index is 1.64. The van der Waals surface area contributed by atoms with Crippen molar-refractivity contribution in [2.24, 2.45) is 0 Å². The van der Waals surface area contributed by atoms with Gasteiger partial charge in [-0.1, -0.05) is 0 Å². The summed E-state index contributed by atoms with van der Waals surface area (Å²) in [5.74, 6) is -1.25. The van der Waals surface area contributed by atoms with Gasteiger partial charge in [-0.15, -0.1) is 0 Å². The fraction of sp³-hybridized carbons (Fsp3) is 0.533. The fourth-order valence-electron chi connectivity index (χ4n) is 2.91. The van der Waals surface area contributed by atoms with Crippen LogP contribution in [0, 0.1) is 0 Å². The van der Waals surface area contributed by atoms with E-state index >= 15 is 0 Å². The van der Waals surface area contributed by atoms with E-state index in [0.29, 0.717) is 6.42 Å². The van der Waals surface area contributed by atoms with Gasteiger partial charge >= 0.3 is 5.97 Å². The Bertz CT molecular complexity index is 811. The van der Waals surface area contributed by atoms with Crippen LogP contribution >= 0.6 is 0 Å². The molecule has 1 atom stereocenters. The Morgan fingerprint density at radius 2 is 2.00 bits per heavy atom. The van der Waals surface area contributed by atoms with E-state index in [0.717, 1.165) is 12.8 Å². The highest BCUT2D eigenvalue weighted by molar-refractivity contribution is 7.91. The summed E-state index contributed by atoms with van der Waals surface area (Å²) < 4.78 is 28.2. The lowest BCUT2D eigenvalue weighted by molar-refractivity contribution is -0.137. The van der Waals surface area contributed by atoms with Gasteiger partial charge in [0.15, 0.2) is 16.4 Å². The molecular formula is C15H18N2O6S. The van der Waals surface area contributed by atoms with Crippen LogP contribution in [-0.2, 0) is 19.4 Å². The molecule has 24 heavy (non-hydrogen) atoms. The summed E-state index contributed by atoms with van der Waals surface area (Å²) in [6.45, 7) is -0.500. The highest BCUT2D eigenvalue weighted by Crippen LogP contribution is 2.32. The molecule has 1 aliphatic heterocycles. The third-order valence-corrected chi connectivity index (χ3v) is 5.95. The standard InChI is InChI=1S/C15H18N2O6S/c18-13(8-23-15(20)12-2-1-6-16-14(12)19)17(10-3-4-10)11-5-7-24(21,22)9-11/h1-2,6,10-11H,3-5,7-9H2,(H,16,19)/t11-/m1/s1. The molecule has 2 fully saturated rings. The minimum Gasteiger partial charge on any atom is -0.452 e. The van der Waals surface area contributed by atoms with Gasteiger partial charge in [-0.05, 0) is 31.4 Å². The lowest BCUT2D eigenvalue weighted by Gasteiger charge is -2.28. The summed E-state index contributed by atoms with van der Waals surface area (Å²) in [5.41, 5.74) is -0.761. The summed E-state index contributed by atoms with van der Waals surface area (Å²) in [6.07, 6.45) is 3.46. The van der Waals surface area contributed by atoms with Crippen LogP contribution in [0.2, 0.25) is 0 Å². The molecule has 1 aromatic heterocycles. The molecule has 1 aliphatic carbocycles. The maximum Gasteiger partial charge on any atom is 0.344 e. The van der Waals surface area contributed by atoms with E-state index in [1.165, 1.54) is 18.3 Å². The van der Waals surface area contributed by atoms with E-state index in [4.69, 9.17) is 4.74 Å². The molecule has 0 bridgehead atoms. The van der Waals surface area contributed by atoms with Crippen molar-refractivity contribution in [3.05, 3.63) is 34.2 Å². The van der Waals surface area contributed by atoms with Crippen molar-refractivity contribution >= 4 is 21.7 Å². The number of carbonyl (C=O) groups is 2. The number of aromatic nitrogens is 1. The molecule has 3 rings (SSSR count). The minimum absolute atomic E-state index is 0.0228. The molecule has 0 radical (unpaired) electrons. The van der Waals surface area contributed by atoms with E-state index < -0.39 is 33.9 Å². The lowest BCUT2D eigenvalue weighted by Crippen LogP contribution is -2.44. The number of rotatable bonds is 5. The van der Waals surface area contributed by atoms with Gasteiger partial charge in [-0.2, -0.15) is 0 Å². The van der Waals surface area contributed by atoms with E-state index in [-0.39, 0.29) is 29.2 Å². The molecule has 1 aromatic rings. The quantitative estimate of drug-likeness (QED) is 0.727. The van der Waals surface area contributed by atoms with E-state index in [9.17, 15) is 22.8 Å². The van der Waals surface area contributed by atoms with Crippen molar-refractivity contribution in [2.45, 2.75) is 31.3 Å². The summed E-state index contributed by atoms with van der Waals surface area (Å²) in [7, 11) is -3.11. The van der Waals surface area contributed by atoms with Crippen molar-refractivity contribution in [2.75, 3.05) is 18.1 Å². The molecule has 9 heteroatoms. The molecule has 2 heterocycles. The first-order valence-corrected chi connectivity index (χ1v) is 9.56. The zero-order valence-corrected chi connectivity index (χ0v) is 13.8. The number of nitrogens with zero attached hydrogens (tertiary/aromatic N) is 1. The van der Waals surface area contributed by atoms with Crippen molar-refractivity contribution < 1.29 is 22.7 Å². The third-order valence-electron chi connectivity index (χ3n) is 4.19. The summed E-state index contributed by atoms with van der Waals surface area (Å²) in [6, 6.07) is 2.47. The second-order valence-electron chi connectivity index (χ2n) is 6.08. The number of aromatic amines is 1. The topological polar surface area (TPSA) is 114 Å². The van der Waals surface area contributed by atoms with E-state index in [2.05, 4.69) is 4.98 Å². The van der Waals surface area contributed by atoms with Gasteiger partial charge in [-0.25, -0.2) is 13.2 Å². The number of ether oxygens (including phenoxy) is 1. The molecule has 0 unspecified atom stereocenters. The maximum absolute atomic E-state index is 12.4. The fourth-order valence-corrected chi connectivity index (χ4v) is 4.63. The average Bonchev–Trinajstić information content (AvgIpc) is 3.29. The normalized spacial score (nSPS) is 22.1. The Morgan fingerprint density at radius 1 is 1.25 bits per heavy atom. The van der Waals surface area contributed by atoms with Gasteiger partial charge in [0.05, 0.1) is 11.5 Å². The predicted octanol–water partition coefficient (Wildman–Crippen LogP) is -0.290. The van der Waals surface area contributed by atoms with Crippen LogP contribution in [0.1, 0.15) is 29.6 Å². The van der Waals surface area contributed by atoms with Gasteiger partial charge < -0.3 is 14.6 Å². The molecule has 1 saturated heterocycles. The predicted molar refractivity (Wildman–Crippen MR) is 84.3 cm³/mol. The van der Waals surface area contributed by atoms with Crippen LogP contribution in [0.3, 0.4) is 0 Å². The number of nitrogens with one attached hydrogen (secondary N) is 1. The second-order valence-corrected chi connectivity index (χ2v) is 8.31. The number of amides is 1. The number of hydrogen-bond acceptors (Lipinski definition) is 6. The molecule has 130 valence electrons. The number of pyridine rings is 1. The Labute approximate surface area is 138 Å². The Morgan fingerprint density at radius 3 is 2.58 bits per heavy atom. The van der Waals surface area contributed by atoms with Gasteiger partial charge in [0.2, 0.25) is 0 Å². The van der Waals surface area contributed by atoms with Crippen molar-refractivity contribution in [1.29, 1.82) is 0 Å². The number of H-pyrrole nitrogens is 1. The molecule has 1 saturated carbocycles. The molecule has 8 nitrogen and oxygen atoms in total. The molecule has 0 spiro atoms. The van der Waals surface area contributed by atoms with Crippen molar-refractivity contribution in [3.63, 3.8) is 0 Å². The second kappa shape index (κ2) is 6.39. The van der Waals surface area contributed by atoms with Crippen molar-refractivity contribution in [3.8, 4) is 0 Å². The summed E-state index contributed by atoms with van der Waals surface area (Å²) in [4.78, 5) is 39.7. The zero-order valence-electron chi connectivity index (χ0n) is 12.9. The first kappa shape index (κ1) is 16.7. The Hall–Kier alpha value is -2.16. The molecule has 0 aromatic carbocycles. The van der Waals surface area contributed by atoms with Crippen LogP contribution in [-0.4, -0.2) is 60.4 Å². The first-order valence-electron chi connectivity index (χ1n) is 7.74. The van der Waals surface area contributed by atoms with Crippen LogP contribution in [0.15, 0.2) is 23.1 Å². The number of sulfone groups is 1. The van der Waals surface area contributed by atoms with Crippen molar-refractivity contribution in [1.82, 2.24) is 9.88 Å². The maximum atomic E-state index is 12.4. The third kappa shape index (κ3) is 3.66. The van der Waals surface area contributed by atoms with Gasteiger partial charge in [-0.3, -0.25) is 9.59 Å². The zero-order chi connectivity index (χ0) is 17.3. The number of esters is 1. The summed E-state index contributed by atoms with van der Waals surface area (Å²) in [5, 5.41) is 0. The molecule has 2 aliphatic rings. The highest BCUT2D eigenvalue weighted by Gasteiger charge is 2.42. The van der Waals surface area contributed by atoms with Gasteiger partial charge in [0.25, 0.3) is 11.5 Å². The number of carbonyl (C=O) groups excluding carboxylic acids is 2. The molecule has 1 N–H and O–H groups in total. The van der Waals surface area contributed by atoms with Gasteiger partial charge in [0.1, 0.15) is 5.56 Å². The van der Waals surface area contributed by atoms with Crippen LogP contribution in [0.4, 0.5) is 0 Å².